The van der Waals surface area contributed by atoms with Gasteiger partial charge in [-0.25, -0.2) is 0 Å². The van der Waals surface area contributed by atoms with Gasteiger partial charge in [-0.15, -0.1) is 0 Å². The lowest BCUT2D eigenvalue weighted by atomic mass is 10.1. The van der Waals surface area contributed by atoms with Gasteiger partial charge in [0.25, 0.3) is 0 Å². The van der Waals surface area contributed by atoms with E-state index in [4.69, 9.17) is 4.74 Å². The molecule has 0 aliphatic rings. The Kier molecular flexibility index (Phi) is 7.31. The molecule has 2 unspecified atom stereocenters. The third-order valence-corrected chi connectivity index (χ3v) is 3.53. The molecule has 0 N–H and O–H groups in total. The minimum Gasteiger partial charge on any atom is -0.461 e. The molecule has 112 valence electrons. The number of hydrogen-bond acceptors (Lipinski definition) is 3. The van der Waals surface area contributed by atoms with E-state index < -0.39 is 0 Å². The van der Waals surface area contributed by atoms with E-state index in [0.717, 1.165) is 25.1 Å². The van der Waals surface area contributed by atoms with Gasteiger partial charge in [-0.3, -0.25) is 4.79 Å². The van der Waals surface area contributed by atoms with E-state index in [0.29, 0.717) is 12.5 Å². The van der Waals surface area contributed by atoms with Crippen molar-refractivity contribution in [3.8, 4) is 0 Å². The molecule has 0 aromatic heterocycles. The molecule has 0 aliphatic carbocycles. The van der Waals surface area contributed by atoms with Crippen LogP contribution in [0.1, 0.15) is 32.8 Å². The molecular formula is C17H27NO2. The van der Waals surface area contributed by atoms with Crippen LogP contribution >= 0.6 is 0 Å². The van der Waals surface area contributed by atoms with E-state index in [9.17, 15) is 4.79 Å². The van der Waals surface area contributed by atoms with Crippen molar-refractivity contribution in [2.45, 2.75) is 33.8 Å². The molecule has 0 bridgehead atoms. The average molecular weight is 277 g/mol. The van der Waals surface area contributed by atoms with Crippen molar-refractivity contribution in [2.75, 3.05) is 20.1 Å². The number of ether oxygens (including phenoxy) is 1. The van der Waals surface area contributed by atoms with Crippen LogP contribution in [0.2, 0.25) is 0 Å². The molecule has 2 atom stereocenters. The second-order valence-electron chi connectivity index (χ2n) is 5.73. The Bertz CT molecular complexity index is 391. The maximum Gasteiger partial charge on any atom is 0.310 e. The second kappa shape index (κ2) is 8.75. The van der Waals surface area contributed by atoms with Gasteiger partial charge in [0.2, 0.25) is 0 Å². The summed E-state index contributed by atoms with van der Waals surface area (Å²) in [6.07, 6.45) is 1.16. The Labute approximate surface area is 122 Å². The number of carbonyl (C=O) groups is 1. The Morgan fingerprint density at radius 3 is 2.45 bits per heavy atom. The molecule has 0 spiro atoms. The van der Waals surface area contributed by atoms with Crippen LogP contribution in [-0.2, 0) is 16.1 Å². The summed E-state index contributed by atoms with van der Waals surface area (Å²) in [4.78, 5) is 14.2. The molecule has 1 aromatic rings. The number of hydrogen-bond donors (Lipinski definition) is 0. The largest absolute Gasteiger partial charge is 0.461 e. The van der Waals surface area contributed by atoms with Crippen LogP contribution < -0.4 is 0 Å². The van der Waals surface area contributed by atoms with E-state index >= 15 is 0 Å². The highest BCUT2D eigenvalue weighted by atomic mass is 16.5. The quantitative estimate of drug-likeness (QED) is 0.683. The zero-order valence-electron chi connectivity index (χ0n) is 13.1. The fourth-order valence-corrected chi connectivity index (χ4v) is 2.15. The minimum atomic E-state index is -0.121. The summed E-state index contributed by atoms with van der Waals surface area (Å²) in [7, 11) is 2.06. The standard InChI is InChI=1S/C17H27NO2/c1-5-14(2)11-18(4)12-15(3)17(19)20-13-16-9-7-6-8-10-16/h6-10,14-15H,5,11-13H2,1-4H3. The lowest BCUT2D eigenvalue weighted by Gasteiger charge is -2.23. The highest BCUT2D eigenvalue weighted by Gasteiger charge is 2.17. The van der Waals surface area contributed by atoms with Gasteiger partial charge in [0.05, 0.1) is 5.92 Å². The molecule has 0 aliphatic heterocycles. The first-order valence-electron chi connectivity index (χ1n) is 7.42. The van der Waals surface area contributed by atoms with Gasteiger partial charge < -0.3 is 9.64 Å². The van der Waals surface area contributed by atoms with Crippen molar-refractivity contribution < 1.29 is 9.53 Å². The van der Waals surface area contributed by atoms with Gasteiger partial charge in [-0.1, -0.05) is 57.5 Å². The lowest BCUT2D eigenvalue weighted by Crippen LogP contribution is -2.32. The zero-order valence-corrected chi connectivity index (χ0v) is 13.1. The maximum atomic E-state index is 12.0. The molecule has 0 fully saturated rings. The van der Waals surface area contributed by atoms with Crippen LogP contribution in [0, 0.1) is 11.8 Å². The smallest absolute Gasteiger partial charge is 0.310 e. The summed E-state index contributed by atoms with van der Waals surface area (Å²) in [6, 6.07) is 9.79. The molecule has 3 heteroatoms. The Morgan fingerprint density at radius 2 is 1.85 bits per heavy atom. The van der Waals surface area contributed by atoms with Crippen LogP contribution in [-0.4, -0.2) is 31.0 Å². The second-order valence-corrected chi connectivity index (χ2v) is 5.73. The topological polar surface area (TPSA) is 29.5 Å². The maximum absolute atomic E-state index is 12.0. The molecule has 0 saturated heterocycles. The van der Waals surface area contributed by atoms with E-state index in [2.05, 4.69) is 25.8 Å². The summed E-state index contributed by atoms with van der Waals surface area (Å²) in [6.45, 7) is 8.48. The predicted molar refractivity (Wildman–Crippen MR) is 82.4 cm³/mol. The molecule has 0 amide bonds. The zero-order chi connectivity index (χ0) is 15.0. The summed E-state index contributed by atoms with van der Waals surface area (Å²) in [5, 5.41) is 0. The van der Waals surface area contributed by atoms with Gasteiger partial charge in [0.15, 0.2) is 0 Å². The third-order valence-electron chi connectivity index (χ3n) is 3.53. The average Bonchev–Trinajstić information content (AvgIpc) is 2.45. The first-order chi connectivity index (χ1) is 9.52. The number of esters is 1. The Hall–Kier alpha value is -1.35. The first kappa shape index (κ1) is 16.7. The number of carbonyl (C=O) groups excluding carboxylic acids is 1. The van der Waals surface area contributed by atoms with Crippen molar-refractivity contribution in [3.05, 3.63) is 35.9 Å². The highest BCUT2D eigenvalue weighted by Crippen LogP contribution is 2.08. The van der Waals surface area contributed by atoms with Gasteiger partial charge in [0, 0.05) is 13.1 Å². The molecule has 3 nitrogen and oxygen atoms in total. The number of nitrogens with zero attached hydrogens (tertiary/aromatic N) is 1. The summed E-state index contributed by atoms with van der Waals surface area (Å²) >= 11 is 0. The monoisotopic (exact) mass is 277 g/mol. The molecular weight excluding hydrogens is 250 g/mol. The lowest BCUT2D eigenvalue weighted by molar-refractivity contribution is -0.149. The normalized spacial score (nSPS) is 14.1. The van der Waals surface area contributed by atoms with E-state index in [1.54, 1.807) is 0 Å². The molecule has 1 aromatic carbocycles. The minimum absolute atomic E-state index is 0.0900. The molecule has 1 rings (SSSR count). The van der Waals surface area contributed by atoms with Gasteiger partial charge in [0.1, 0.15) is 6.61 Å². The molecule has 20 heavy (non-hydrogen) atoms. The van der Waals surface area contributed by atoms with Crippen LogP contribution in [0.4, 0.5) is 0 Å². The van der Waals surface area contributed by atoms with Crippen molar-refractivity contribution in [1.82, 2.24) is 4.90 Å². The van der Waals surface area contributed by atoms with Gasteiger partial charge in [-0.05, 0) is 18.5 Å². The highest BCUT2D eigenvalue weighted by molar-refractivity contribution is 5.72. The SMILES string of the molecule is CCC(C)CN(C)CC(C)C(=O)OCc1ccccc1. The number of benzene rings is 1. The molecule has 0 radical (unpaired) electrons. The number of rotatable bonds is 8. The van der Waals surface area contributed by atoms with Gasteiger partial charge >= 0.3 is 5.97 Å². The predicted octanol–water partition coefficient (Wildman–Crippen LogP) is 3.34. The van der Waals surface area contributed by atoms with Crippen LogP contribution in [0.3, 0.4) is 0 Å². The van der Waals surface area contributed by atoms with E-state index in [1.165, 1.54) is 0 Å². The van der Waals surface area contributed by atoms with Crippen LogP contribution in [0.15, 0.2) is 30.3 Å². The van der Waals surface area contributed by atoms with Gasteiger partial charge in [-0.2, -0.15) is 0 Å². The summed E-state index contributed by atoms with van der Waals surface area (Å²) in [5.74, 6) is 0.449. The van der Waals surface area contributed by atoms with Crippen molar-refractivity contribution in [2.24, 2.45) is 11.8 Å². The third kappa shape index (κ3) is 6.20. The van der Waals surface area contributed by atoms with Crippen molar-refractivity contribution in [1.29, 1.82) is 0 Å². The van der Waals surface area contributed by atoms with E-state index in [1.807, 2.05) is 37.3 Å². The summed E-state index contributed by atoms with van der Waals surface area (Å²) in [5.41, 5.74) is 1.03. The first-order valence-corrected chi connectivity index (χ1v) is 7.42. The van der Waals surface area contributed by atoms with Crippen LogP contribution in [0.25, 0.3) is 0 Å². The Balaban J connectivity index is 2.32. The summed E-state index contributed by atoms with van der Waals surface area (Å²) < 4.78 is 5.36. The van der Waals surface area contributed by atoms with Crippen molar-refractivity contribution >= 4 is 5.97 Å². The molecule has 0 heterocycles. The fourth-order valence-electron chi connectivity index (χ4n) is 2.15. The molecule has 0 saturated carbocycles. The van der Waals surface area contributed by atoms with Crippen LogP contribution in [0.5, 0.6) is 0 Å². The van der Waals surface area contributed by atoms with E-state index in [-0.39, 0.29) is 11.9 Å². The van der Waals surface area contributed by atoms with Crippen molar-refractivity contribution in [3.63, 3.8) is 0 Å². The fraction of sp³-hybridized carbons (Fsp3) is 0.588. The Morgan fingerprint density at radius 1 is 1.20 bits per heavy atom.